The predicted molar refractivity (Wildman–Crippen MR) is 128 cm³/mol. The summed E-state index contributed by atoms with van der Waals surface area (Å²) >= 11 is 0. The summed E-state index contributed by atoms with van der Waals surface area (Å²) in [6.07, 6.45) is 1.55. The van der Waals surface area contributed by atoms with Crippen LogP contribution in [0.2, 0.25) is 0 Å². The van der Waals surface area contributed by atoms with E-state index in [4.69, 9.17) is 9.47 Å². The van der Waals surface area contributed by atoms with Gasteiger partial charge in [-0.2, -0.15) is 0 Å². The molecule has 0 bridgehead atoms. The number of pyridine rings is 1. The minimum atomic E-state index is -1.11. The number of amides is 3. The summed E-state index contributed by atoms with van der Waals surface area (Å²) in [5.41, 5.74) is 1.33. The van der Waals surface area contributed by atoms with E-state index in [0.717, 1.165) is 0 Å². The largest absolute Gasteiger partial charge is 0.497 e. The maximum atomic E-state index is 13.6. The van der Waals surface area contributed by atoms with Gasteiger partial charge in [-0.05, 0) is 60.7 Å². The van der Waals surface area contributed by atoms with Gasteiger partial charge >= 0.3 is 0 Å². The molecule has 0 aliphatic heterocycles. The summed E-state index contributed by atoms with van der Waals surface area (Å²) in [7, 11) is 3.09. The zero-order valence-electron chi connectivity index (χ0n) is 19.1. The van der Waals surface area contributed by atoms with Crippen LogP contribution in [-0.4, -0.2) is 43.5 Å². The monoisotopic (exact) mass is 462 g/mol. The van der Waals surface area contributed by atoms with Crippen molar-refractivity contribution in [3.8, 4) is 11.5 Å². The topological polar surface area (TPSA) is 110 Å². The van der Waals surface area contributed by atoms with Crippen LogP contribution in [0.5, 0.6) is 11.5 Å². The Kier molecular flexibility index (Phi) is 8.17. The van der Waals surface area contributed by atoms with Gasteiger partial charge in [-0.25, -0.2) is 0 Å². The van der Waals surface area contributed by atoms with E-state index in [1.165, 1.54) is 18.9 Å². The van der Waals surface area contributed by atoms with E-state index in [2.05, 4.69) is 15.6 Å². The lowest BCUT2D eigenvalue weighted by molar-refractivity contribution is -0.125. The number of ether oxygens (including phenoxy) is 2. The van der Waals surface area contributed by atoms with E-state index in [9.17, 15) is 14.4 Å². The fourth-order valence-corrected chi connectivity index (χ4v) is 3.27. The fraction of sp³-hybridized carbons (Fsp3) is 0.200. The summed E-state index contributed by atoms with van der Waals surface area (Å²) in [6.45, 7) is 1.03. The first-order chi connectivity index (χ1) is 16.4. The summed E-state index contributed by atoms with van der Waals surface area (Å²) in [4.78, 5) is 44.0. The smallest absolute Gasteiger partial charge is 0.253 e. The molecule has 0 fully saturated rings. The molecule has 0 aliphatic carbocycles. The van der Waals surface area contributed by atoms with Crippen LogP contribution < -0.4 is 25.0 Å². The minimum Gasteiger partial charge on any atom is -0.497 e. The third kappa shape index (κ3) is 6.10. The van der Waals surface area contributed by atoms with E-state index < -0.39 is 17.9 Å². The van der Waals surface area contributed by atoms with Crippen LogP contribution in [0.1, 0.15) is 18.7 Å². The Bertz CT molecular complexity index is 1120. The summed E-state index contributed by atoms with van der Waals surface area (Å²) in [5, 5.41) is 5.35. The van der Waals surface area contributed by atoms with Gasteiger partial charge in [0, 0.05) is 24.5 Å². The molecule has 2 N–H and O–H groups in total. The van der Waals surface area contributed by atoms with Crippen molar-refractivity contribution in [3.63, 3.8) is 0 Å². The fourth-order valence-electron chi connectivity index (χ4n) is 3.27. The molecule has 9 heteroatoms. The van der Waals surface area contributed by atoms with Gasteiger partial charge in [0.2, 0.25) is 11.8 Å². The second-order valence-electron chi connectivity index (χ2n) is 7.25. The quantitative estimate of drug-likeness (QED) is 0.506. The average molecular weight is 463 g/mol. The molecule has 2 aromatic carbocycles. The molecule has 3 amide bonds. The first-order valence-electron chi connectivity index (χ1n) is 10.5. The molecule has 1 aromatic heterocycles. The molecule has 1 heterocycles. The summed E-state index contributed by atoms with van der Waals surface area (Å²) < 4.78 is 10.4. The van der Waals surface area contributed by atoms with E-state index in [0.29, 0.717) is 28.6 Å². The zero-order valence-corrected chi connectivity index (χ0v) is 19.1. The second kappa shape index (κ2) is 11.5. The predicted octanol–water partition coefficient (Wildman–Crippen LogP) is 2.95. The second-order valence-corrected chi connectivity index (χ2v) is 7.25. The number of hydrogen-bond acceptors (Lipinski definition) is 6. The van der Waals surface area contributed by atoms with Gasteiger partial charge in [-0.3, -0.25) is 24.3 Å². The highest BCUT2D eigenvalue weighted by Gasteiger charge is 2.34. The molecule has 0 unspecified atom stereocenters. The first kappa shape index (κ1) is 24.2. The van der Waals surface area contributed by atoms with Crippen LogP contribution in [-0.2, 0) is 14.4 Å². The first-order valence-corrected chi connectivity index (χ1v) is 10.5. The maximum absolute atomic E-state index is 13.6. The van der Waals surface area contributed by atoms with Crippen molar-refractivity contribution in [2.75, 3.05) is 31.0 Å². The molecule has 1 atom stereocenters. The number of nitrogens with one attached hydrogen (secondary N) is 2. The lowest BCUT2D eigenvalue weighted by atomic mass is 10.1. The number of benzene rings is 2. The van der Waals surface area contributed by atoms with Crippen LogP contribution in [0.15, 0.2) is 72.9 Å². The van der Waals surface area contributed by atoms with Gasteiger partial charge < -0.3 is 20.1 Å². The van der Waals surface area contributed by atoms with Crippen LogP contribution >= 0.6 is 0 Å². The standard InChI is InChI=1S/C25H26N4O5/c1-17(30)27-16-23(31)29(19-9-13-21(34-3)14-10-19)24(22-6-4-5-15-26-22)25(32)28-18-7-11-20(33-2)12-8-18/h4-15,24H,16H2,1-3H3,(H,27,30)(H,28,32)/t24-/m0/s1. The van der Waals surface area contributed by atoms with Crippen molar-refractivity contribution in [2.45, 2.75) is 13.0 Å². The molecule has 34 heavy (non-hydrogen) atoms. The van der Waals surface area contributed by atoms with Crippen LogP contribution in [0.4, 0.5) is 11.4 Å². The number of aromatic nitrogens is 1. The maximum Gasteiger partial charge on any atom is 0.253 e. The van der Waals surface area contributed by atoms with Gasteiger partial charge in [-0.15, -0.1) is 0 Å². The number of carbonyl (C=O) groups excluding carboxylic acids is 3. The Morgan fingerprint density at radius 1 is 0.912 bits per heavy atom. The lowest BCUT2D eigenvalue weighted by Crippen LogP contribution is -2.46. The van der Waals surface area contributed by atoms with Gasteiger partial charge in [0.15, 0.2) is 6.04 Å². The van der Waals surface area contributed by atoms with E-state index in [1.54, 1.807) is 80.0 Å². The zero-order chi connectivity index (χ0) is 24.5. The Labute approximate surface area is 197 Å². The lowest BCUT2D eigenvalue weighted by Gasteiger charge is -2.31. The highest BCUT2D eigenvalue weighted by atomic mass is 16.5. The van der Waals surface area contributed by atoms with Gasteiger partial charge in [0.05, 0.1) is 26.5 Å². The molecule has 0 spiro atoms. The van der Waals surface area contributed by atoms with Crippen molar-refractivity contribution in [1.82, 2.24) is 10.3 Å². The SMILES string of the molecule is COc1ccc(NC(=O)[C@H](c2ccccn2)N(C(=O)CNC(C)=O)c2ccc(OC)cc2)cc1. The van der Waals surface area contributed by atoms with Crippen molar-refractivity contribution in [2.24, 2.45) is 0 Å². The molecule has 0 radical (unpaired) electrons. The van der Waals surface area contributed by atoms with Crippen molar-refractivity contribution in [1.29, 1.82) is 0 Å². The van der Waals surface area contributed by atoms with Crippen molar-refractivity contribution < 1.29 is 23.9 Å². The van der Waals surface area contributed by atoms with Crippen LogP contribution in [0.25, 0.3) is 0 Å². The van der Waals surface area contributed by atoms with Gasteiger partial charge in [-0.1, -0.05) is 6.07 Å². The Balaban J connectivity index is 2.03. The molecule has 0 saturated carbocycles. The van der Waals surface area contributed by atoms with Crippen LogP contribution in [0, 0.1) is 0 Å². The third-order valence-corrected chi connectivity index (χ3v) is 4.94. The molecule has 0 aliphatic rings. The number of rotatable bonds is 9. The Morgan fingerprint density at radius 2 is 1.53 bits per heavy atom. The highest BCUT2D eigenvalue weighted by molar-refractivity contribution is 6.06. The van der Waals surface area contributed by atoms with E-state index in [-0.39, 0.29) is 12.5 Å². The number of nitrogens with zero attached hydrogens (tertiary/aromatic N) is 2. The Morgan fingerprint density at radius 3 is 2.06 bits per heavy atom. The Hall–Kier alpha value is -4.40. The molecule has 3 rings (SSSR count). The summed E-state index contributed by atoms with van der Waals surface area (Å²) in [6, 6.07) is 17.5. The van der Waals surface area contributed by atoms with Crippen LogP contribution in [0.3, 0.4) is 0 Å². The molecule has 9 nitrogen and oxygen atoms in total. The molecule has 0 saturated heterocycles. The molecule has 176 valence electrons. The number of anilines is 2. The molecular weight excluding hydrogens is 436 g/mol. The van der Waals surface area contributed by atoms with Gasteiger partial charge in [0.1, 0.15) is 11.5 Å². The highest BCUT2D eigenvalue weighted by Crippen LogP contribution is 2.29. The third-order valence-electron chi connectivity index (χ3n) is 4.94. The summed E-state index contributed by atoms with van der Waals surface area (Å²) in [5.74, 6) is -0.0865. The van der Waals surface area contributed by atoms with Crippen molar-refractivity contribution >= 4 is 29.1 Å². The number of hydrogen-bond donors (Lipinski definition) is 2. The number of carbonyl (C=O) groups is 3. The van der Waals surface area contributed by atoms with Crippen molar-refractivity contribution in [3.05, 3.63) is 78.6 Å². The molecular formula is C25H26N4O5. The minimum absolute atomic E-state index is 0.291. The molecule has 3 aromatic rings. The number of methoxy groups -OCH3 is 2. The van der Waals surface area contributed by atoms with E-state index >= 15 is 0 Å². The normalized spacial score (nSPS) is 11.1. The van der Waals surface area contributed by atoms with Gasteiger partial charge in [0.25, 0.3) is 5.91 Å². The van der Waals surface area contributed by atoms with E-state index in [1.807, 2.05) is 0 Å². The average Bonchev–Trinajstić information content (AvgIpc) is 2.86.